The Morgan fingerprint density at radius 1 is 1.21 bits per heavy atom. The van der Waals surface area contributed by atoms with Gasteiger partial charge in [-0.2, -0.15) is 5.10 Å². The number of benzene rings is 2. The van der Waals surface area contributed by atoms with E-state index in [4.69, 9.17) is 13.9 Å². The highest BCUT2D eigenvalue weighted by atomic mass is 32.2. The van der Waals surface area contributed by atoms with Crippen molar-refractivity contribution in [2.24, 2.45) is 5.10 Å². The molecule has 0 radical (unpaired) electrons. The third kappa shape index (κ3) is 5.91. The summed E-state index contributed by atoms with van der Waals surface area (Å²) in [5, 5.41) is 14.8. The Kier molecular flexibility index (Phi) is 7.76. The second-order valence-electron chi connectivity index (χ2n) is 7.07. The fourth-order valence-electron chi connectivity index (χ4n) is 3.19. The number of carbonyl (C=O) groups is 1. The van der Waals surface area contributed by atoms with Crippen LogP contribution in [0.5, 0.6) is 11.5 Å². The number of hydrogen-bond acceptors (Lipinski definition) is 9. The number of nitrogens with zero attached hydrogens (tertiary/aromatic N) is 2. The minimum absolute atomic E-state index is 0.0818. The van der Waals surface area contributed by atoms with Crippen molar-refractivity contribution in [3.8, 4) is 22.8 Å². The zero-order chi connectivity index (χ0) is 23.9. The van der Waals surface area contributed by atoms with Gasteiger partial charge in [-0.3, -0.25) is 14.9 Å². The molecule has 1 fully saturated rings. The van der Waals surface area contributed by atoms with Crippen molar-refractivity contribution in [3.63, 3.8) is 0 Å². The highest BCUT2D eigenvalue weighted by Gasteiger charge is 2.18. The molecule has 0 saturated carbocycles. The SMILES string of the molecule is COc1cc([N+](=O)[O-])ccc1-c1ccc(/C=N\NC(=O)COc2ccc(C3SCCS3)cc2)o1. The molecule has 1 saturated heterocycles. The summed E-state index contributed by atoms with van der Waals surface area (Å²) in [6.07, 6.45) is 1.35. The molecule has 2 aromatic carbocycles. The Hall–Kier alpha value is -3.44. The number of nitro groups is 1. The first-order valence-electron chi connectivity index (χ1n) is 10.2. The van der Waals surface area contributed by atoms with Gasteiger partial charge in [0.15, 0.2) is 6.61 Å². The number of non-ortho nitro benzene ring substituents is 1. The van der Waals surface area contributed by atoms with Crippen LogP contribution in [-0.2, 0) is 4.79 Å². The normalized spacial score (nSPS) is 13.8. The molecule has 3 aromatic rings. The summed E-state index contributed by atoms with van der Waals surface area (Å²) in [7, 11) is 1.42. The molecule has 1 amide bonds. The molecule has 0 bridgehead atoms. The van der Waals surface area contributed by atoms with Gasteiger partial charge in [-0.25, -0.2) is 5.43 Å². The number of amides is 1. The first-order valence-corrected chi connectivity index (χ1v) is 12.3. The monoisotopic (exact) mass is 499 g/mol. The van der Waals surface area contributed by atoms with Crippen molar-refractivity contribution in [2.45, 2.75) is 4.58 Å². The molecule has 1 aliphatic heterocycles. The average Bonchev–Trinajstić information content (AvgIpc) is 3.55. The van der Waals surface area contributed by atoms with Crippen LogP contribution in [0.25, 0.3) is 11.3 Å². The fraction of sp³-hybridized carbons (Fsp3) is 0.217. The van der Waals surface area contributed by atoms with Crippen LogP contribution in [0.1, 0.15) is 15.9 Å². The molecule has 176 valence electrons. The molecule has 1 N–H and O–H groups in total. The summed E-state index contributed by atoms with van der Waals surface area (Å²) in [6, 6.07) is 15.4. The largest absolute Gasteiger partial charge is 0.496 e. The lowest BCUT2D eigenvalue weighted by molar-refractivity contribution is -0.384. The molecule has 0 atom stereocenters. The van der Waals surface area contributed by atoms with Crippen molar-refractivity contribution >= 4 is 41.3 Å². The van der Waals surface area contributed by atoms with Gasteiger partial charge < -0.3 is 13.9 Å². The second kappa shape index (κ2) is 11.1. The Morgan fingerprint density at radius 2 is 1.97 bits per heavy atom. The highest BCUT2D eigenvalue weighted by Crippen LogP contribution is 2.45. The van der Waals surface area contributed by atoms with E-state index < -0.39 is 10.8 Å². The molecular weight excluding hydrogens is 478 g/mol. The minimum atomic E-state index is -0.497. The number of ether oxygens (including phenoxy) is 2. The van der Waals surface area contributed by atoms with E-state index >= 15 is 0 Å². The summed E-state index contributed by atoms with van der Waals surface area (Å²) >= 11 is 3.87. The third-order valence-corrected chi connectivity index (χ3v) is 7.92. The number of carbonyl (C=O) groups excluding carboxylic acids is 1. The van der Waals surface area contributed by atoms with E-state index in [1.807, 2.05) is 47.8 Å². The standard InChI is InChI=1S/C23H21N3O6S2/c1-30-21-12-16(26(28)29)4-8-19(21)20-9-7-18(32-20)13-24-25-22(27)14-31-17-5-2-15(3-6-17)23-33-10-11-34-23/h2-9,12-13,23H,10-11,14H2,1H3,(H,25,27)/b24-13-. The van der Waals surface area contributed by atoms with Gasteiger partial charge in [-0.1, -0.05) is 12.1 Å². The lowest BCUT2D eigenvalue weighted by Gasteiger charge is -2.09. The maximum absolute atomic E-state index is 12.0. The van der Waals surface area contributed by atoms with Crippen LogP contribution in [-0.4, -0.2) is 42.3 Å². The van der Waals surface area contributed by atoms with Crippen molar-refractivity contribution in [2.75, 3.05) is 25.2 Å². The number of thioether (sulfide) groups is 2. The zero-order valence-corrected chi connectivity index (χ0v) is 19.8. The van der Waals surface area contributed by atoms with Gasteiger partial charge in [0.25, 0.3) is 11.6 Å². The Morgan fingerprint density at radius 3 is 2.68 bits per heavy atom. The van der Waals surface area contributed by atoms with E-state index in [0.29, 0.717) is 33.2 Å². The predicted molar refractivity (Wildman–Crippen MR) is 133 cm³/mol. The maximum Gasteiger partial charge on any atom is 0.277 e. The van der Waals surface area contributed by atoms with Gasteiger partial charge in [-0.05, 0) is 35.9 Å². The zero-order valence-electron chi connectivity index (χ0n) is 18.1. The van der Waals surface area contributed by atoms with Gasteiger partial charge in [0.1, 0.15) is 23.0 Å². The van der Waals surface area contributed by atoms with Crippen LogP contribution in [0.15, 0.2) is 64.1 Å². The van der Waals surface area contributed by atoms with Gasteiger partial charge in [0, 0.05) is 17.6 Å². The molecule has 9 nitrogen and oxygen atoms in total. The molecule has 1 aliphatic rings. The first-order chi connectivity index (χ1) is 16.5. The van der Waals surface area contributed by atoms with Crippen LogP contribution in [0, 0.1) is 10.1 Å². The van der Waals surface area contributed by atoms with Crippen molar-refractivity contribution in [1.82, 2.24) is 5.43 Å². The van der Waals surface area contributed by atoms with E-state index in [-0.39, 0.29) is 12.3 Å². The predicted octanol–water partition coefficient (Wildman–Crippen LogP) is 4.87. The third-order valence-electron chi connectivity index (χ3n) is 4.81. The number of nitrogens with one attached hydrogen (secondary N) is 1. The number of methoxy groups -OCH3 is 1. The van der Waals surface area contributed by atoms with Crippen LogP contribution in [0.4, 0.5) is 5.69 Å². The molecular formula is C23H21N3O6S2. The lowest BCUT2D eigenvalue weighted by atomic mass is 10.1. The molecule has 2 heterocycles. The van der Waals surface area contributed by atoms with Crippen LogP contribution in [0.2, 0.25) is 0 Å². The van der Waals surface area contributed by atoms with Crippen molar-refractivity contribution < 1.29 is 23.6 Å². The molecule has 34 heavy (non-hydrogen) atoms. The molecule has 0 aliphatic carbocycles. The van der Waals surface area contributed by atoms with E-state index in [1.165, 1.54) is 42.5 Å². The maximum atomic E-state index is 12.0. The molecule has 0 spiro atoms. The quantitative estimate of drug-likeness (QED) is 0.252. The number of furan rings is 1. The fourth-order valence-corrected chi connectivity index (χ4v) is 6.04. The van der Waals surface area contributed by atoms with E-state index in [1.54, 1.807) is 18.2 Å². The van der Waals surface area contributed by atoms with Gasteiger partial charge in [0.2, 0.25) is 0 Å². The second-order valence-corrected chi connectivity index (χ2v) is 9.79. The summed E-state index contributed by atoms with van der Waals surface area (Å²) in [5.74, 6) is 3.67. The van der Waals surface area contributed by atoms with Crippen LogP contribution >= 0.6 is 23.5 Å². The van der Waals surface area contributed by atoms with E-state index in [2.05, 4.69) is 10.5 Å². The van der Waals surface area contributed by atoms with Gasteiger partial charge >= 0.3 is 0 Å². The topological polar surface area (TPSA) is 116 Å². The lowest BCUT2D eigenvalue weighted by Crippen LogP contribution is -2.24. The first kappa shape index (κ1) is 23.7. The molecule has 1 aromatic heterocycles. The summed E-state index contributed by atoms with van der Waals surface area (Å²) in [6.45, 7) is -0.174. The smallest absolute Gasteiger partial charge is 0.277 e. The summed E-state index contributed by atoms with van der Waals surface area (Å²) in [4.78, 5) is 22.5. The Bertz CT molecular complexity index is 1190. The molecule has 11 heteroatoms. The summed E-state index contributed by atoms with van der Waals surface area (Å²) in [5.41, 5.74) is 4.11. The van der Waals surface area contributed by atoms with Crippen molar-refractivity contribution in [1.29, 1.82) is 0 Å². The number of rotatable bonds is 9. The van der Waals surface area contributed by atoms with Crippen LogP contribution < -0.4 is 14.9 Å². The van der Waals surface area contributed by atoms with E-state index in [0.717, 1.165) is 0 Å². The Balaban J connectivity index is 1.28. The Labute approximate surface area is 204 Å². The molecule has 4 rings (SSSR count). The van der Waals surface area contributed by atoms with Gasteiger partial charge in [0.05, 0.1) is 34.5 Å². The van der Waals surface area contributed by atoms with Gasteiger partial charge in [-0.15, -0.1) is 23.5 Å². The minimum Gasteiger partial charge on any atom is -0.496 e. The van der Waals surface area contributed by atoms with Crippen molar-refractivity contribution in [3.05, 3.63) is 76.0 Å². The summed E-state index contributed by atoms with van der Waals surface area (Å²) < 4.78 is 16.9. The molecule has 0 unspecified atom stereocenters. The van der Waals surface area contributed by atoms with Crippen LogP contribution in [0.3, 0.4) is 0 Å². The van der Waals surface area contributed by atoms with E-state index in [9.17, 15) is 14.9 Å². The number of hydrazone groups is 1. The highest BCUT2D eigenvalue weighted by molar-refractivity contribution is 8.19. The number of nitro benzene ring substituents is 1. The average molecular weight is 500 g/mol. The number of hydrogen-bond donors (Lipinski definition) is 1.